The molecule has 4 nitrogen and oxygen atoms in total. The number of amides is 1. The van der Waals surface area contributed by atoms with Crippen LogP contribution in [0.3, 0.4) is 0 Å². The molecule has 0 spiro atoms. The Morgan fingerprint density at radius 3 is 2.75 bits per heavy atom. The van der Waals surface area contributed by atoms with Crippen LogP contribution in [0, 0.1) is 12.3 Å². The Bertz CT molecular complexity index is 803. The van der Waals surface area contributed by atoms with Gasteiger partial charge in [0.05, 0.1) is 10.8 Å². The van der Waals surface area contributed by atoms with Crippen LogP contribution in [0.4, 0.5) is 0 Å². The maximum Gasteiger partial charge on any atom is 0.276 e. The Kier molecular flexibility index (Phi) is 4.33. The molecule has 0 fully saturated rings. The van der Waals surface area contributed by atoms with E-state index in [4.69, 9.17) is 18.0 Å². The largest absolute Gasteiger partial charge is 0.276 e. The lowest BCUT2D eigenvalue weighted by Gasteiger charge is -2.03. The number of hydrogen-bond acceptors (Lipinski definition) is 4. The summed E-state index contributed by atoms with van der Waals surface area (Å²) in [6, 6.07) is 7.21. The van der Waals surface area contributed by atoms with Crippen molar-refractivity contribution in [1.82, 2.24) is 4.72 Å². The van der Waals surface area contributed by atoms with Crippen molar-refractivity contribution in [1.29, 1.82) is 0 Å². The van der Waals surface area contributed by atoms with Gasteiger partial charge >= 0.3 is 0 Å². The van der Waals surface area contributed by atoms with E-state index >= 15 is 0 Å². The van der Waals surface area contributed by atoms with Crippen LogP contribution in [-0.4, -0.2) is 20.1 Å². The summed E-state index contributed by atoms with van der Waals surface area (Å²) in [5.74, 6) is 1.19. The second kappa shape index (κ2) is 5.83. The van der Waals surface area contributed by atoms with Gasteiger partial charge in [0.1, 0.15) is 4.88 Å². The Hall–Kier alpha value is -1.55. The maximum absolute atomic E-state index is 12.0. The van der Waals surface area contributed by atoms with Crippen LogP contribution in [0.5, 0.6) is 0 Å². The molecule has 1 aromatic heterocycles. The number of nitrogens with one attached hydrogen (secondary N) is 1. The lowest BCUT2D eigenvalue weighted by molar-refractivity contribution is 0.0985. The van der Waals surface area contributed by atoms with Gasteiger partial charge in [0.15, 0.2) is 0 Å². The van der Waals surface area contributed by atoms with Crippen molar-refractivity contribution in [3.05, 3.63) is 34.2 Å². The monoisotopic (exact) mass is 327 g/mol. The van der Waals surface area contributed by atoms with Gasteiger partial charge in [0, 0.05) is 16.5 Å². The van der Waals surface area contributed by atoms with Crippen molar-refractivity contribution in [3.63, 3.8) is 0 Å². The van der Waals surface area contributed by atoms with E-state index in [1.807, 2.05) is 16.9 Å². The zero-order chi connectivity index (χ0) is 14.8. The fourth-order valence-electron chi connectivity index (χ4n) is 1.59. The summed E-state index contributed by atoms with van der Waals surface area (Å²) in [5.41, 5.74) is 0. The van der Waals surface area contributed by atoms with Crippen molar-refractivity contribution in [2.45, 2.75) is 6.42 Å². The third-order valence-electron chi connectivity index (χ3n) is 2.50. The zero-order valence-corrected chi connectivity index (χ0v) is 12.6. The molecule has 0 atom stereocenters. The van der Waals surface area contributed by atoms with Gasteiger partial charge in [-0.25, -0.2) is 13.1 Å². The predicted molar refractivity (Wildman–Crippen MR) is 81.5 cm³/mol. The summed E-state index contributed by atoms with van der Waals surface area (Å²) in [5, 5.41) is 0.987. The third kappa shape index (κ3) is 3.12. The van der Waals surface area contributed by atoms with Gasteiger partial charge in [-0.2, -0.15) is 0 Å². The SMILES string of the molecule is C#CCCS(=O)(=O)NC(=O)c1sc2ccccc2c1Cl. The third-order valence-corrected chi connectivity index (χ3v) is 5.42. The van der Waals surface area contributed by atoms with Crippen LogP contribution in [-0.2, 0) is 10.0 Å². The highest BCUT2D eigenvalue weighted by Crippen LogP contribution is 2.35. The molecular formula is C13H10ClNO3S2. The summed E-state index contributed by atoms with van der Waals surface area (Å²) in [7, 11) is -3.74. The lowest BCUT2D eigenvalue weighted by atomic mass is 10.2. The topological polar surface area (TPSA) is 63.2 Å². The number of benzene rings is 1. The van der Waals surface area contributed by atoms with E-state index < -0.39 is 15.9 Å². The summed E-state index contributed by atoms with van der Waals surface area (Å²) in [6.45, 7) is 0. The molecule has 0 saturated carbocycles. The minimum Gasteiger partial charge on any atom is -0.267 e. The van der Waals surface area contributed by atoms with Crippen molar-refractivity contribution in [3.8, 4) is 12.3 Å². The molecule has 0 unspecified atom stereocenters. The molecule has 0 saturated heterocycles. The molecule has 2 rings (SSSR count). The quantitative estimate of drug-likeness (QED) is 0.878. The van der Waals surface area contributed by atoms with Crippen LogP contribution < -0.4 is 4.72 Å². The van der Waals surface area contributed by atoms with Crippen molar-refractivity contribution in [2.24, 2.45) is 0 Å². The molecule has 20 heavy (non-hydrogen) atoms. The molecule has 1 aromatic carbocycles. The van der Waals surface area contributed by atoms with E-state index in [2.05, 4.69) is 5.92 Å². The van der Waals surface area contributed by atoms with Crippen LogP contribution in [0.15, 0.2) is 24.3 Å². The molecule has 0 aliphatic carbocycles. The second-order valence-corrected chi connectivity index (χ2v) is 7.22. The fraction of sp³-hybridized carbons (Fsp3) is 0.154. The molecule has 0 aliphatic rings. The van der Waals surface area contributed by atoms with E-state index in [-0.39, 0.29) is 22.1 Å². The highest BCUT2D eigenvalue weighted by Gasteiger charge is 2.21. The van der Waals surface area contributed by atoms with E-state index in [1.54, 1.807) is 12.1 Å². The molecule has 1 amide bonds. The Labute approximate surface area is 125 Å². The average molecular weight is 328 g/mol. The lowest BCUT2D eigenvalue weighted by Crippen LogP contribution is -2.32. The summed E-state index contributed by atoms with van der Waals surface area (Å²) >= 11 is 7.26. The molecule has 2 aromatic rings. The normalized spacial score (nSPS) is 11.2. The minimum absolute atomic E-state index is 0.0444. The van der Waals surface area contributed by atoms with Gasteiger partial charge in [0.25, 0.3) is 5.91 Å². The molecule has 0 radical (unpaired) electrons. The molecule has 0 aliphatic heterocycles. The number of hydrogen-bond donors (Lipinski definition) is 1. The maximum atomic E-state index is 12.0. The molecule has 1 heterocycles. The van der Waals surface area contributed by atoms with Crippen LogP contribution >= 0.6 is 22.9 Å². The Balaban J connectivity index is 2.29. The van der Waals surface area contributed by atoms with Gasteiger partial charge < -0.3 is 0 Å². The first-order chi connectivity index (χ1) is 9.44. The van der Waals surface area contributed by atoms with E-state index in [9.17, 15) is 13.2 Å². The van der Waals surface area contributed by atoms with Crippen LogP contribution in [0.2, 0.25) is 5.02 Å². The average Bonchev–Trinajstić information content (AvgIpc) is 2.74. The first kappa shape index (κ1) is 14.9. The van der Waals surface area contributed by atoms with Crippen molar-refractivity contribution < 1.29 is 13.2 Å². The van der Waals surface area contributed by atoms with E-state index in [0.29, 0.717) is 0 Å². The Morgan fingerprint density at radius 2 is 2.10 bits per heavy atom. The van der Waals surface area contributed by atoms with Crippen LogP contribution in [0.25, 0.3) is 10.1 Å². The number of halogens is 1. The van der Waals surface area contributed by atoms with Crippen molar-refractivity contribution >= 4 is 49.0 Å². The molecule has 7 heteroatoms. The highest BCUT2D eigenvalue weighted by molar-refractivity contribution is 7.90. The number of fused-ring (bicyclic) bond motifs is 1. The smallest absolute Gasteiger partial charge is 0.267 e. The summed E-state index contributed by atoms with van der Waals surface area (Å²) in [6.07, 6.45) is 5.05. The number of terminal acetylenes is 1. The predicted octanol–water partition coefficient (Wildman–Crippen LogP) is 2.64. The standard InChI is InChI=1S/C13H10ClNO3S2/c1-2-3-8-20(17,18)15-13(16)12-11(14)9-6-4-5-7-10(9)19-12/h1,4-7H,3,8H2,(H,15,16). The van der Waals surface area contributed by atoms with Gasteiger partial charge in [-0.1, -0.05) is 29.8 Å². The first-order valence-electron chi connectivity index (χ1n) is 5.60. The second-order valence-electron chi connectivity index (χ2n) is 3.95. The van der Waals surface area contributed by atoms with Crippen LogP contribution in [0.1, 0.15) is 16.1 Å². The minimum atomic E-state index is -3.74. The first-order valence-corrected chi connectivity index (χ1v) is 8.44. The highest BCUT2D eigenvalue weighted by atomic mass is 35.5. The Morgan fingerprint density at radius 1 is 1.40 bits per heavy atom. The molecule has 0 bridgehead atoms. The molecule has 1 N–H and O–H groups in total. The van der Waals surface area contributed by atoms with E-state index in [1.165, 1.54) is 0 Å². The van der Waals surface area contributed by atoms with Gasteiger partial charge in [-0.15, -0.1) is 23.7 Å². The van der Waals surface area contributed by atoms with Gasteiger partial charge in [0.2, 0.25) is 10.0 Å². The summed E-state index contributed by atoms with van der Waals surface area (Å²) in [4.78, 5) is 12.2. The number of sulfonamides is 1. The summed E-state index contributed by atoms with van der Waals surface area (Å²) < 4.78 is 26.1. The van der Waals surface area contributed by atoms with Crippen molar-refractivity contribution in [2.75, 3.05) is 5.75 Å². The number of rotatable bonds is 4. The van der Waals surface area contributed by atoms with E-state index in [0.717, 1.165) is 21.4 Å². The van der Waals surface area contributed by atoms with Gasteiger partial charge in [-0.05, 0) is 6.07 Å². The van der Waals surface area contributed by atoms with Gasteiger partial charge in [-0.3, -0.25) is 4.79 Å². The number of carbonyl (C=O) groups is 1. The number of carbonyl (C=O) groups excluding carboxylic acids is 1. The number of thiophene rings is 1. The molecular weight excluding hydrogens is 318 g/mol. The molecule has 104 valence electrons. The zero-order valence-electron chi connectivity index (χ0n) is 10.2. The fourth-order valence-corrected chi connectivity index (χ4v) is 3.94.